The standard InChI is InChI=1S/C19H24N2O2/c1-15(20-11-5-6-12-20)19(23)21-13-9-17(10-14-21)18(22)16-7-3-2-4-8-16/h2-8,11-12,15,17-18,22H,9-10,13-14H2,1H3. The van der Waals surface area contributed by atoms with E-state index in [0.29, 0.717) is 0 Å². The van der Waals surface area contributed by atoms with Gasteiger partial charge in [-0.1, -0.05) is 30.3 Å². The summed E-state index contributed by atoms with van der Waals surface area (Å²) in [6.45, 7) is 3.38. The summed E-state index contributed by atoms with van der Waals surface area (Å²) in [6.07, 6.45) is 5.11. The second-order valence-electron chi connectivity index (χ2n) is 6.32. The molecule has 4 heteroatoms. The minimum Gasteiger partial charge on any atom is -0.388 e. The van der Waals surface area contributed by atoms with E-state index >= 15 is 0 Å². The molecule has 0 aliphatic carbocycles. The van der Waals surface area contributed by atoms with Crippen molar-refractivity contribution >= 4 is 5.91 Å². The van der Waals surface area contributed by atoms with Gasteiger partial charge in [-0.05, 0) is 43.4 Å². The second-order valence-corrected chi connectivity index (χ2v) is 6.32. The fourth-order valence-corrected chi connectivity index (χ4v) is 3.36. The van der Waals surface area contributed by atoms with Crippen LogP contribution < -0.4 is 0 Å². The largest absolute Gasteiger partial charge is 0.388 e. The number of aliphatic hydroxyl groups is 1. The summed E-state index contributed by atoms with van der Waals surface area (Å²) in [5, 5.41) is 10.5. The predicted molar refractivity (Wildman–Crippen MR) is 89.8 cm³/mol. The van der Waals surface area contributed by atoms with Crippen LogP contribution in [0.5, 0.6) is 0 Å². The quantitative estimate of drug-likeness (QED) is 0.943. The van der Waals surface area contributed by atoms with Crippen LogP contribution >= 0.6 is 0 Å². The van der Waals surface area contributed by atoms with Gasteiger partial charge in [0.2, 0.25) is 5.91 Å². The monoisotopic (exact) mass is 312 g/mol. The average Bonchev–Trinajstić information content (AvgIpc) is 3.15. The minimum absolute atomic E-state index is 0.161. The molecule has 2 aromatic rings. The van der Waals surface area contributed by atoms with Gasteiger partial charge in [0.25, 0.3) is 0 Å². The normalized spacial score (nSPS) is 18.6. The Balaban J connectivity index is 1.57. The smallest absolute Gasteiger partial charge is 0.245 e. The Bertz CT molecular complexity index is 616. The Kier molecular flexibility index (Phi) is 4.82. The van der Waals surface area contributed by atoms with Crippen molar-refractivity contribution in [1.29, 1.82) is 0 Å². The zero-order valence-electron chi connectivity index (χ0n) is 13.5. The van der Waals surface area contributed by atoms with Crippen LogP contribution in [0.25, 0.3) is 0 Å². The number of piperidine rings is 1. The van der Waals surface area contributed by atoms with Crippen LogP contribution in [0.15, 0.2) is 54.9 Å². The third kappa shape index (κ3) is 3.48. The van der Waals surface area contributed by atoms with Crippen LogP contribution in [-0.2, 0) is 4.79 Å². The Morgan fingerprint density at radius 2 is 1.70 bits per heavy atom. The Hall–Kier alpha value is -2.07. The van der Waals surface area contributed by atoms with Crippen molar-refractivity contribution in [3.8, 4) is 0 Å². The van der Waals surface area contributed by atoms with E-state index in [4.69, 9.17) is 0 Å². The highest BCUT2D eigenvalue weighted by Crippen LogP contribution is 2.31. The highest BCUT2D eigenvalue weighted by atomic mass is 16.3. The molecule has 0 spiro atoms. The molecule has 1 aliphatic heterocycles. The first kappa shape index (κ1) is 15.8. The fraction of sp³-hybridized carbons (Fsp3) is 0.421. The van der Waals surface area contributed by atoms with Gasteiger partial charge < -0.3 is 14.6 Å². The molecule has 2 atom stereocenters. The Morgan fingerprint density at radius 1 is 1.09 bits per heavy atom. The maximum Gasteiger partial charge on any atom is 0.245 e. The number of carbonyl (C=O) groups excluding carboxylic acids is 1. The van der Waals surface area contributed by atoms with Crippen LogP contribution in [0.1, 0.15) is 37.5 Å². The van der Waals surface area contributed by atoms with Crippen molar-refractivity contribution < 1.29 is 9.90 Å². The molecule has 1 aliphatic rings. The van der Waals surface area contributed by atoms with Gasteiger partial charge in [0.15, 0.2) is 0 Å². The second kappa shape index (κ2) is 7.01. The lowest BCUT2D eigenvalue weighted by atomic mass is 9.87. The molecule has 1 aromatic heterocycles. The van der Waals surface area contributed by atoms with Gasteiger partial charge in [-0.2, -0.15) is 0 Å². The van der Waals surface area contributed by atoms with Gasteiger partial charge in [0.1, 0.15) is 6.04 Å². The summed E-state index contributed by atoms with van der Waals surface area (Å²) < 4.78 is 1.94. The van der Waals surface area contributed by atoms with E-state index in [1.54, 1.807) is 0 Å². The molecule has 1 fully saturated rings. The number of rotatable bonds is 4. The number of nitrogens with zero attached hydrogens (tertiary/aromatic N) is 2. The van der Waals surface area contributed by atoms with E-state index in [9.17, 15) is 9.90 Å². The molecule has 1 amide bonds. The summed E-state index contributed by atoms with van der Waals surface area (Å²) in [4.78, 5) is 14.5. The van der Waals surface area contributed by atoms with E-state index in [0.717, 1.165) is 31.5 Å². The summed E-state index contributed by atoms with van der Waals surface area (Å²) in [7, 11) is 0. The van der Waals surface area contributed by atoms with Crippen molar-refractivity contribution in [3.05, 3.63) is 60.4 Å². The molecule has 3 rings (SSSR count). The molecule has 2 unspecified atom stereocenters. The van der Waals surface area contributed by atoms with Gasteiger partial charge in [-0.3, -0.25) is 4.79 Å². The van der Waals surface area contributed by atoms with Gasteiger partial charge in [-0.25, -0.2) is 0 Å². The van der Waals surface area contributed by atoms with E-state index in [-0.39, 0.29) is 17.9 Å². The first-order valence-electron chi connectivity index (χ1n) is 8.31. The molecule has 4 nitrogen and oxygen atoms in total. The first-order valence-corrected chi connectivity index (χ1v) is 8.31. The fourth-order valence-electron chi connectivity index (χ4n) is 3.36. The molecular weight excluding hydrogens is 288 g/mol. The summed E-state index contributed by atoms with van der Waals surface area (Å²) >= 11 is 0. The molecule has 122 valence electrons. The highest BCUT2D eigenvalue weighted by molar-refractivity contribution is 5.80. The molecule has 23 heavy (non-hydrogen) atoms. The first-order chi connectivity index (χ1) is 11.2. The lowest BCUT2D eigenvalue weighted by Crippen LogP contribution is -2.42. The molecular formula is C19H24N2O2. The molecule has 0 bridgehead atoms. The van der Waals surface area contributed by atoms with Crippen molar-refractivity contribution in [1.82, 2.24) is 9.47 Å². The average molecular weight is 312 g/mol. The van der Waals surface area contributed by atoms with E-state index in [2.05, 4.69) is 0 Å². The summed E-state index contributed by atoms with van der Waals surface area (Å²) in [5.74, 6) is 0.386. The molecule has 0 radical (unpaired) electrons. The van der Waals surface area contributed by atoms with Crippen LogP contribution in [0.2, 0.25) is 0 Å². The number of aromatic nitrogens is 1. The van der Waals surface area contributed by atoms with Crippen molar-refractivity contribution in [2.24, 2.45) is 5.92 Å². The molecule has 0 saturated carbocycles. The van der Waals surface area contributed by atoms with E-state index < -0.39 is 6.10 Å². The number of likely N-dealkylation sites (tertiary alicyclic amines) is 1. The maximum absolute atomic E-state index is 12.6. The van der Waals surface area contributed by atoms with E-state index in [1.807, 2.05) is 71.2 Å². The lowest BCUT2D eigenvalue weighted by molar-refractivity contribution is -0.136. The topological polar surface area (TPSA) is 45.5 Å². The minimum atomic E-state index is -0.435. The molecule has 1 N–H and O–H groups in total. The molecule has 1 saturated heterocycles. The van der Waals surface area contributed by atoms with E-state index in [1.165, 1.54) is 0 Å². The van der Waals surface area contributed by atoms with Crippen LogP contribution in [-0.4, -0.2) is 33.6 Å². The van der Waals surface area contributed by atoms with Crippen molar-refractivity contribution in [2.75, 3.05) is 13.1 Å². The number of benzene rings is 1. The van der Waals surface area contributed by atoms with Crippen LogP contribution in [0, 0.1) is 5.92 Å². The zero-order chi connectivity index (χ0) is 16.2. The van der Waals surface area contributed by atoms with Crippen molar-refractivity contribution in [3.63, 3.8) is 0 Å². The SMILES string of the molecule is CC(C(=O)N1CCC(C(O)c2ccccc2)CC1)n1cccc1. The van der Waals surface area contributed by atoms with Gasteiger partial charge in [0, 0.05) is 25.5 Å². The number of amides is 1. The summed E-state index contributed by atoms with van der Waals surface area (Å²) in [5.41, 5.74) is 0.970. The molecule has 2 heterocycles. The summed E-state index contributed by atoms with van der Waals surface area (Å²) in [6, 6.07) is 13.5. The number of carbonyl (C=O) groups is 1. The van der Waals surface area contributed by atoms with Gasteiger partial charge in [-0.15, -0.1) is 0 Å². The van der Waals surface area contributed by atoms with Crippen molar-refractivity contribution in [2.45, 2.75) is 31.9 Å². The van der Waals surface area contributed by atoms with Gasteiger partial charge >= 0.3 is 0 Å². The number of hydrogen-bond donors (Lipinski definition) is 1. The Labute approximate surface area is 137 Å². The van der Waals surface area contributed by atoms with Gasteiger partial charge in [0.05, 0.1) is 6.10 Å². The molecule has 1 aromatic carbocycles. The predicted octanol–water partition coefficient (Wildman–Crippen LogP) is 3.02. The number of hydrogen-bond acceptors (Lipinski definition) is 2. The third-order valence-corrected chi connectivity index (χ3v) is 4.87. The maximum atomic E-state index is 12.6. The zero-order valence-corrected chi connectivity index (χ0v) is 13.5. The lowest BCUT2D eigenvalue weighted by Gasteiger charge is -2.35. The third-order valence-electron chi connectivity index (χ3n) is 4.87. The van der Waals surface area contributed by atoms with Crippen LogP contribution in [0.3, 0.4) is 0 Å². The Morgan fingerprint density at radius 3 is 2.30 bits per heavy atom. The highest BCUT2D eigenvalue weighted by Gasteiger charge is 2.30. The van der Waals surface area contributed by atoms with Crippen LogP contribution in [0.4, 0.5) is 0 Å². The number of aliphatic hydroxyl groups excluding tert-OH is 1.